The SMILES string of the molecule is Cc1cnc(NC(=O)c2ccc(Cl)c(S(=O)(=O)NC[C@H]3CCCO3)c2)s1. The van der Waals surface area contributed by atoms with E-state index in [0.29, 0.717) is 11.7 Å². The van der Waals surface area contributed by atoms with E-state index in [0.717, 1.165) is 17.7 Å². The molecule has 7 nitrogen and oxygen atoms in total. The summed E-state index contributed by atoms with van der Waals surface area (Å²) in [4.78, 5) is 17.2. The van der Waals surface area contributed by atoms with Gasteiger partial charge in [-0.2, -0.15) is 0 Å². The Hall–Kier alpha value is -1.52. The molecule has 1 aliphatic heterocycles. The van der Waals surface area contributed by atoms with Gasteiger partial charge in [0.25, 0.3) is 5.91 Å². The summed E-state index contributed by atoms with van der Waals surface area (Å²) < 4.78 is 33.0. The lowest BCUT2D eigenvalue weighted by atomic mass is 10.2. The molecule has 26 heavy (non-hydrogen) atoms. The molecule has 0 aliphatic carbocycles. The van der Waals surface area contributed by atoms with Gasteiger partial charge in [0.2, 0.25) is 10.0 Å². The number of rotatable bonds is 6. The lowest BCUT2D eigenvalue weighted by molar-refractivity contribution is 0.102. The topological polar surface area (TPSA) is 97.4 Å². The number of thiazole rings is 1. The standard InChI is InChI=1S/C16H18ClN3O4S2/c1-10-8-18-16(25-10)20-15(21)11-4-5-13(17)14(7-11)26(22,23)19-9-12-3-2-6-24-12/h4-5,7-8,12,19H,2-3,6,9H2,1H3,(H,18,20,21)/t12-/m1/s1. The van der Waals surface area contributed by atoms with Crippen molar-refractivity contribution in [3.05, 3.63) is 39.9 Å². The summed E-state index contributed by atoms with van der Waals surface area (Å²) in [5, 5.41) is 3.14. The minimum atomic E-state index is -3.86. The van der Waals surface area contributed by atoms with Crippen LogP contribution in [0, 0.1) is 6.92 Å². The van der Waals surface area contributed by atoms with E-state index in [1.165, 1.54) is 29.5 Å². The highest BCUT2D eigenvalue weighted by Crippen LogP contribution is 2.24. The number of carbonyl (C=O) groups is 1. The van der Waals surface area contributed by atoms with Gasteiger partial charge in [0.15, 0.2) is 5.13 Å². The minimum Gasteiger partial charge on any atom is -0.377 e. The molecule has 1 aromatic carbocycles. The van der Waals surface area contributed by atoms with Crippen LogP contribution in [0.2, 0.25) is 5.02 Å². The number of carbonyl (C=O) groups excluding carboxylic acids is 1. The van der Waals surface area contributed by atoms with Gasteiger partial charge in [-0.1, -0.05) is 11.6 Å². The zero-order valence-electron chi connectivity index (χ0n) is 14.0. The molecule has 1 aliphatic rings. The van der Waals surface area contributed by atoms with Crippen molar-refractivity contribution >= 4 is 44.0 Å². The molecule has 2 aromatic rings. The fourth-order valence-corrected chi connectivity index (χ4v) is 4.77. The fraction of sp³-hybridized carbons (Fsp3) is 0.375. The molecule has 0 spiro atoms. The Morgan fingerprint density at radius 1 is 1.46 bits per heavy atom. The van der Waals surface area contributed by atoms with Gasteiger partial charge in [-0.25, -0.2) is 18.1 Å². The van der Waals surface area contributed by atoms with Gasteiger partial charge < -0.3 is 4.74 Å². The zero-order chi connectivity index (χ0) is 18.7. The van der Waals surface area contributed by atoms with Gasteiger partial charge in [0.1, 0.15) is 4.90 Å². The quantitative estimate of drug-likeness (QED) is 0.756. The number of ether oxygens (including phenoxy) is 1. The Balaban J connectivity index is 1.76. The number of hydrogen-bond acceptors (Lipinski definition) is 6. The third kappa shape index (κ3) is 4.60. The fourth-order valence-electron chi connectivity index (χ4n) is 2.52. The van der Waals surface area contributed by atoms with E-state index in [-0.39, 0.29) is 28.1 Å². The first kappa shape index (κ1) is 19.2. The third-order valence-corrected chi connectivity index (χ3v) is 6.58. The molecule has 0 bridgehead atoms. The van der Waals surface area contributed by atoms with Crippen LogP contribution in [0.4, 0.5) is 5.13 Å². The summed E-state index contributed by atoms with van der Waals surface area (Å²) in [5.41, 5.74) is 0.180. The number of nitrogens with zero attached hydrogens (tertiary/aromatic N) is 1. The number of benzene rings is 1. The van der Waals surface area contributed by atoms with Crippen LogP contribution in [0.25, 0.3) is 0 Å². The number of sulfonamides is 1. The number of aromatic nitrogens is 1. The van der Waals surface area contributed by atoms with Gasteiger partial charge >= 0.3 is 0 Å². The summed E-state index contributed by atoms with van der Waals surface area (Å²) in [7, 11) is -3.86. The first-order chi connectivity index (χ1) is 12.3. The lowest BCUT2D eigenvalue weighted by Crippen LogP contribution is -2.32. The predicted molar refractivity (Wildman–Crippen MR) is 100 cm³/mol. The first-order valence-electron chi connectivity index (χ1n) is 8.00. The maximum Gasteiger partial charge on any atom is 0.257 e. The second-order valence-electron chi connectivity index (χ2n) is 5.86. The highest BCUT2D eigenvalue weighted by molar-refractivity contribution is 7.89. The normalized spacial score (nSPS) is 17.4. The second kappa shape index (κ2) is 8.01. The monoisotopic (exact) mass is 415 g/mol. The Morgan fingerprint density at radius 2 is 2.27 bits per heavy atom. The number of halogens is 1. The largest absolute Gasteiger partial charge is 0.377 e. The van der Waals surface area contributed by atoms with E-state index in [9.17, 15) is 13.2 Å². The van der Waals surface area contributed by atoms with Crippen LogP contribution in [-0.2, 0) is 14.8 Å². The molecule has 2 heterocycles. The van der Waals surface area contributed by atoms with Crippen molar-refractivity contribution in [3.8, 4) is 0 Å². The number of aryl methyl sites for hydroxylation is 1. The highest BCUT2D eigenvalue weighted by atomic mass is 35.5. The smallest absolute Gasteiger partial charge is 0.257 e. The predicted octanol–water partition coefficient (Wildman–Crippen LogP) is 2.81. The van der Waals surface area contributed by atoms with Crippen molar-refractivity contribution in [3.63, 3.8) is 0 Å². The summed E-state index contributed by atoms with van der Waals surface area (Å²) in [6.45, 7) is 2.69. The van der Waals surface area contributed by atoms with Crippen molar-refractivity contribution in [2.24, 2.45) is 0 Å². The molecule has 1 aromatic heterocycles. The number of nitrogens with one attached hydrogen (secondary N) is 2. The second-order valence-corrected chi connectivity index (χ2v) is 9.24. The van der Waals surface area contributed by atoms with Crippen molar-refractivity contribution in [1.82, 2.24) is 9.71 Å². The number of anilines is 1. The molecular weight excluding hydrogens is 398 g/mol. The van der Waals surface area contributed by atoms with E-state index in [4.69, 9.17) is 16.3 Å². The van der Waals surface area contributed by atoms with Crippen molar-refractivity contribution in [2.45, 2.75) is 30.8 Å². The van der Waals surface area contributed by atoms with Crippen LogP contribution in [-0.4, -0.2) is 38.6 Å². The summed E-state index contributed by atoms with van der Waals surface area (Å²) in [5.74, 6) is -0.452. The van der Waals surface area contributed by atoms with Gasteiger partial charge in [0, 0.05) is 29.8 Å². The van der Waals surface area contributed by atoms with Gasteiger partial charge in [-0.15, -0.1) is 11.3 Å². The zero-order valence-corrected chi connectivity index (χ0v) is 16.4. The molecule has 1 saturated heterocycles. The maximum atomic E-state index is 12.6. The minimum absolute atomic E-state index is 0.0477. The van der Waals surface area contributed by atoms with Crippen molar-refractivity contribution in [2.75, 3.05) is 18.5 Å². The van der Waals surface area contributed by atoms with Crippen LogP contribution in [0.1, 0.15) is 28.1 Å². The number of amides is 1. The Bertz CT molecular complexity index is 908. The van der Waals surface area contributed by atoms with E-state index in [1.54, 1.807) is 6.20 Å². The molecule has 1 atom stereocenters. The van der Waals surface area contributed by atoms with Crippen LogP contribution in [0.5, 0.6) is 0 Å². The molecule has 0 unspecified atom stereocenters. The van der Waals surface area contributed by atoms with Gasteiger partial charge in [-0.3, -0.25) is 10.1 Å². The van der Waals surface area contributed by atoms with E-state index >= 15 is 0 Å². The molecular formula is C16H18ClN3O4S2. The third-order valence-electron chi connectivity index (χ3n) is 3.85. The highest BCUT2D eigenvalue weighted by Gasteiger charge is 2.23. The Labute approximate surface area is 160 Å². The molecule has 10 heteroatoms. The van der Waals surface area contributed by atoms with E-state index in [1.807, 2.05) is 6.92 Å². The molecule has 2 N–H and O–H groups in total. The lowest BCUT2D eigenvalue weighted by Gasteiger charge is -2.13. The van der Waals surface area contributed by atoms with Crippen molar-refractivity contribution in [1.29, 1.82) is 0 Å². The molecule has 140 valence electrons. The summed E-state index contributed by atoms with van der Waals surface area (Å²) in [6.07, 6.45) is 3.24. The molecule has 3 rings (SSSR count). The summed E-state index contributed by atoms with van der Waals surface area (Å²) >= 11 is 7.38. The molecule has 0 radical (unpaired) electrons. The maximum absolute atomic E-state index is 12.6. The van der Waals surface area contributed by atoms with Gasteiger partial charge in [0.05, 0.1) is 11.1 Å². The van der Waals surface area contributed by atoms with Crippen LogP contribution in [0.3, 0.4) is 0 Å². The van der Waals surface area contributed by atoms with E-state index in [2.05, 4.69) is 15.0 Å². The average Bonchev–Trinajstić information content (AvgIpc) is 3.25. The van der Waals surface area contributed by atoms with Crippen LogP contribution >= 0.6 is 22.9 Å². The average molecular weight is 416 g/mol. The number of hydrogen-bond donors (Lipinski definition) is 2. The Morgan fingerprint density at radius 3 is 2.92 bits per heavy atom. The molecule has 1 fully saturated rings. The van der Waals surface area contributed by atoms with Crippen LogP contribution in [0.15, 0.2) is 29.3 Å². The van der Waals surface area contributed by atoms with E-state index < -0.39 is 15.9 Å². The molecule has 0 saturated carbocycles. The Kier molecular flexibility index (Phi) is 5.93. The van der Waals surface area contributed by atoms with Gasteiger partial charge in [-0.05, 0) is 38.0 Å². The first-order valence-corrected chi connectivity index (χ1v) is 10.7. The summed E-state index contributed by atoms with van der Waals surface area (Å²) in [6, 6.07) is 4.12. The van der Waals surface area contributed by atoms with Crippen molar-refractivity contribution < 1.29 is 17.9 Å². The molecule has 1 amide bonds. The van der Waals surface area contributed by atoms with Crippen LogP contribution < -0.4 is 10.0 Å².